The van der Waals surface area contributed by atoms with Crippen LogP contribution in [0.3, 0.4) is 0 Å². The van der Waals surface area contributed by atoms with Crippen LogP contribution in [0.15, 0.2) is 0 Å². The molecule has 2 heterocycles. The number of carbonyl (C=O) groups is 2. The molecule has 0 bridgehead atoms. The summed E-state index contributed by atoms with van der Waals surface area (Å²) in [5.74, 6) is 0.326. The van der Waals surface area contributed by atoms with Crippen LogP contribution in [0.5, 0.6) is 0 Å². The van der Waals surface area contributed by atoms with Gasteiger partial charge in [0.05, 0.1) is 6.10 Å². The summed E-state index contributed by atoms with van der Waals surface area (Å²) in [4.78, 5) is 29.6. The van der Waals surface area contributed by atoms with E-state index in [1.54, 1.807) is 4.90 Å². The van der Waals surface area contributed by atoms with E-state index in [0.717, 1.165) is 45.6 Å². The van der Waals surface area contributed by atoms with Gasteiger partial charge in [0.15, 0.2) is 0 Å². The van der Waals surface area contributed by atoms with Crippen molar-refractivity contribution in [1.82, 2.24) is 14.7 Å². The number of hydrogen-bond donors (Lipinski definition) is 1. The summed E-state index contributed by atoms with van der Waals surface area (Å²) in [5.41, 5.74) is 0. The van der Waals surface area contributed by atoms with Gasteiger partial charge in [0.25, 0.3) is 0 Å². The summed E-state index contributed by atoms with van der Waals surface area (Å²) in [6.07, 6.45) is 2.48. The fraction of sp³-hybridized carbons (Fsp3) is 0.867. The molecule has 1 N–H and O–H groups in total. The average Bonchev–Trinajstić information content (AvgIpc) is 2.90. The average molecular weight is 297 g/mol. The number of hydrogen-bond acceptors (Lipinski definition) is 4. The van der Waals surface area contributed by atoms with Gasteiger partial charge in [-0.05, 0) is 12.8 Å². The van der Waals surface area contributed by atoms with Crippen molar-refractivity contribution in [2.45, 2.75) is 38.7 Å². The second kappa shape index (κ2) is 7.75. The highest BCUT2D eigenvalue weighted by Gasteiger charge is 2.24. The summed E-state index contributed by atoms with van der Waals surface area (Å²) < 4.78 is 0. The molecule has 0 spiro atoms. The molecule has 6 heteroatoms. The van der Waals surface area contributed by atoms with E-state index in [1.165, 1.54) is 0 Å². The molecule has 0 aromatic rings. The topological polar surface area (TPSA) is 64.1 Å². The predicted octanol–water partition coefficient (Wildman–Crippen LogP) is -0.0860. The van der Waals surface area contributed by atoms with Gasteiger partial charge in [0.2, 0.25) is 11.8 Å². The highest BCUT2D eigenvalue weighted by atomic mass is 16.3. The fourth-order valence-corrected chi connectivity index (χ4v) is 2.94. The lowest BCUT2D eigenvalue weighted by molar-refractivity contribution is -0.134. The third-order valence-electron chi connectivity index (χ3n) is 4.43. The molecule has 2 saturated heterocycles. The first-order valence-electron chi connectivity index (χ1n) is 8.06. The Hall–Kier alpha value is -1.14. The summed E-state index contributed by atoms with van der Waals surface area (Å²) >= 11 is 0. The lowest BCUT2D eigenvalue weighted by atomic mass is 10.2. The largest absolute Gasteiger partial charge is 0.392 e. The molecule has 2 amide bonds. The zero-order valence-corrected chi connectivity index (χ0v) is 13.0. The van der Waals surface area contributed by atoms with E-state index in [0.29, 0.717) is 25.9 Å². The Morgan fingerprint density at radius 1 is 1.24 bits per heavy atom. The SMILES string of the molecule is CC[C@@H](O)CN1CCN(C(=O)CCN2CCCC2=O)CC1. The van der Waals surface area contributed by atoms with E-state index in [4.69, 9.17) is 0 Å². The van der Waals surface area contributed by atoms with E-state index < -0.39 is 0 Å². The van der Waals surface area contributed by atoms with Crippen molar-refractivity contribution in [1.29, 1.82) is 0 Å². The zero-order valence-electron chi connectivity index (χ0n) is 13.0. The first-order valence-corrected chi connectivity index (χ1v) is 8.06. The van der Waals surface area contributed by atoms with Crippen molar-refractivity contribution in [3.63, 3.8) is 0 Å². The molecule has 0 radical (unpaired) electrons. The predicted molar refractivity (Wildman–Crippen MR) is 79.7 cm³/mol. The van der Waals surface area contributed by atoms with Gasteiger partial charge in [-0.3, -0.25) is 14.5 Å². The first kappa shape index (κ1) is 16.2. The van der Waals surface area contributed by atoms with Crippen LogP contribution in [0.2, 0.25) is 0 Å². The number of carbonyl (C=O) groups excluding carboxylic acids is 2. The van der Waals surface area contributed by atoms with Gasteiger partial charge >= 0.3 is 0 Å². The van der Waals surface area contributed by atoms with E-state index in [9.17, 15) is 14.7 Å². The molecule has 2 rings (SSSR count). The number of β-amino-alcohol motifs (C(OH)–C–C–N with tert-alkyl or cyclic N) is 1. The normalized spacial score (nSPS) is 21.9. The van der Waals surface area contributed by atoms with E-state index in [2.05, 4.69) is 4.90 Å². The van der Waals surface area contributed by atoms with Crippen molar-refractivity contribution in [2.75, 3.05) is 45.8 Å². The van der Waals surface area contributed by atoms with Gasteiger partial charge < -0.3 is 14.9 Å². The van der Waals surface area contributed by atoms with Gasteiger partial charge in [-0.1, -0.05) is 6.92 Å². The van der Waals surface area contributed by atoms with E-state index >= 15 is 0 Å². The smallest absolute Gasteiger partial charge is 0.224 e. The standard InChI is InChI=1S/C15H27N3O3/c1-2-13(19)12-16-8-10-18(11-9-16)15(21)5-7-17-6-3-4-14(17)20/h13,19H,2-12H2,1H3/t13-/m1/s1. The van der Waals surface area contributed by atoms with Crippen molar-refractivity contribution in [3.05, 3.63) is 0 Å². The van der Waals surface area contributed by atoms with Crippen molar-refractivity contribution >= 4 is 11.8 Å². The van der Waals surface area contributed by atoms with Crippen LogP contribution in [-0.4, -0.2) is 83.5 Å². The molecule has 2 aliphatic heterocycles. The Bertz CT molecular complexity index is 367. The van der Waals surface area contributed by atoms with Crippen LogP contribution in [0.4, 0.5) is 0 Å². The third-order valence-corrected chi connectivity index (χ3v) is 4.43. The molecule has 0 aromatic carbocycles. The summed E-state index contributed by atoms with van der Waals surface area (Å²) in [6.45, 7) is 7.13. The Labute approximate surface area is 126 Å². The summed E-state index contributed by atoms with van der Waals surface area (Å²) in [7, 11) is 0. The Morgan fingerprint density at radius 3 is 2.52 bits per heavy atom. The monoisotopic (exact) mass is 297 g/mol. The van der Waals surface area contributed by atoms with Crippen LogP contribution in [0, 0.1) is 0 Å². The molecule has 0 aromatic heterocycles. The first-order chi connectivity index (χ1) is 10.1. The van der Waals surface area contributed by atoms with Crippen molar-refractivity contribution in [3.8, 4) is 0 Å². The molecule has 1 atom stereocenters. The second-order valence-corrected chi connectivity index (χ2v) is 5.98. The van der Waals surface area contributed by atoms with Crippen LogP contribution in [-0.2, 0) is 9.59 Å². The number of rotatable bonds is 6. The molecule has 6 nitrogen and oxygen atoms in total. The lowest BCUT2D eigenvalue weighted by Gasteiger charge is -2.35. The summed E-state index contributed by atoms with van der Waals surface area (Å²) in [6, 6.07) is 0. The highest BCUT2D eigenvalue weighted by Crippen LogP contribution is 2.11. The molecule has 0 aliphatic carbocycles. The highest BCUT2D eigenvalue weighted by molar-refractivity contribution is 5.80. The van der Waals surface area contributed by atoms with Gasteiger partial charge in [0.1, 0.15) is 0 Å². The quantitative estimate of drug-likeness (QED) is 0.744. The van der Waals surface area contributed by atoms with Gasteiger partial charge in [0, 0.05) is 58.7 Å². The molecule has 0 unspecified atom stereocenters. The van der Waals surface area contributed by atoms with Crippen molar-refractivity contribution < 1.29 is 14.7 Å². The van der Waals surface area contributed by atoms with E-state index in [-0.39, 0.29) is 17.9 Å². The minimum Gasteiger partial charge on any atom is -0.392 e. The second-order valence-electron chi connectivity index (χ2n) is 5.98. The van der Waals surface area contributed by atoms with Crippen LogP contribution >= 0.6 is 0 Å². The van der Waals surface area contributed by atoms with Crippen LogP contribution in [0.1, 0.15) is 32.6 Å². The van der Waals surface area contributed by atoms with Gasteiger partial charge in [-0.25, -0.2) is 0 Å². The number of nitrogens with zero attached hydrogens (tertiary/aromatic N) is 3. The third kappa shape index (κ3) is 4.68. The van der Waals surface area contributed by atoms with Crippen molar-refractivity contribution in [2.24, 2.45) is 0 Å². The number of piperazine rings is 1. The molecule has 2 aliphatic rings. The number of aliphatic hydroxyl groups excluding tert-OH is 1. The minimum absolute atomic E-state index is 0.144. The molecular formula is C15H27N3O3. The molecule has 21 heavy (non-hydrogen) atoms. The Morgan fingerprint density at radius 2 is 1.95 bits per heavy atom. The molecular weight excluding hydrogens is 270 g/mol. The zero-order chi connectivity index (χ0) is 15.2. The van der Waals surface area contributed by atoms with Gasteiger partial charge in [-0.2, -0.15) is 0 Å². The molecule has 0 saturated carbocycles. The maximum absolute atomic E-state index is 12.2. The summed E-state index contributed by atoms with van der Waals surface area (Å²) in [5, 5.41) is 9.66. The number of amides is 2. The van der Waals surface area contributed by atoms with Crippen LogP contribution in [0.25, 0.3) is 0 Å². The number of aliphatic hydroxyl groups is 1. The Kier molecular flexibility index (Phi) is 5.99. The maximum atomic E-state index is 12.2. The minimum atomic E-state index is -0.270. The Balaban J connectivity index is 1.67. The van der Waals surface area contributed by atoms with Gasteiger partial charge in [-0.15, -0.1) is 0 Å². The maximum Gasteiger partial charge on any atom is 0.224 e. The number of likely N-dealkylation sites (tertiary alicyclic amines) is 1. The van der Waals surface area contributed by atoms with Crippen LogP contribution < -0.4 is 0 Å². The van der Waals surface area contributed by atoms with E-state index in [1.807, 2.05) is 11.8 Å². The fourth-order valence-electron chi connectivity index (χ4n) is 2.94. The molecule has 2 fully saturated rings. The molecule has 120 valence electrons. The lowest BCUT2D eigenvalue weighted by Crippen LogP contribution is -2.50.